The number of aliphatic hydroxyl groups excluding tert-OH is 1. The first kappa shape index (κ1) is 15.5. The number of aliphatic hydroxyl groups is 1. The average Bonchev–Trinajstić information content (AvgIpc) is 2.82. The Bertz CT molecular complexity index is 539. The van der Waals surface area contributed by atoms with E-state index in [1.807, 2.05) is 6.08 Å². The minimum absolute atomic E-state index is 0.00298. The molecule has 8 atom stereocenters. The van der Waals surface area contributed by atoms with Crippen molar-refractivity contribution >= 4 is 6.21 Å². The van der Waals surface area contributed by atoms with Crippen LogP contribution in [0.2, 0.25) is 0 Å². The average molecular weight is 321 g/mol. The quantitative estimate of drug-likeness (QED) is 0.473. The Kier molecular flexibility index (Phi) is 3.52. The van der Waals surface area contributed by atoms with Crippen LogP contribution >= 0.6 is 0 Å². The van der Waals surface area contributed by atoms with Gasteiger partial charge in [0.05, 0.1) is 6.21 Å². The molecule has 2 N–H and O–H groups in total. The zero-order valence-electron chi connectivity index (χ0n) is 13.0. The van der Waals surface area contributed by atoms with Crippen LogP contribution in [0.1, 0.15) is 25.7 Å². The smallest absolute Gasteiger partial charge is 0.239 e. The van der Waals surface area contributed by atoms with Gasteiger partial charge in [-0.3, -0.25) is 0 Å². The number of fused-ring (bicyclic) bond motifs is 2. The molecule has 5 rings (SSSR count). The minimum atomic E-state index is -1.23. The van der Waals surface area contributed by atoms with Crippen LogP contribution < -0.4 is 0 Å². The molecule has 0 aromatic rings. The van der Waals surface area contributed by atoms with Crippen LogP contribution in [0.5, 0.6) is 0 Å². The van der Waals surface area contributed by atoms with Crippen LogP contribution in [0.25, 0.3) is 0 Å². The fraction of sp³-hybridized carbons (Fsp3) is 0.706. The minimum Gasteiger partial charge on any atom is -0.367 e. The van der Waals surface area contributed by atoms with Crippen molar-refractivity contribution in [1.29, 1.82) is 5.41 Å². The zero-order valence-corrected chi connectivity index (χ0v) is 13.0. The summed E-state index contributed by atoms with van der Waals surface area (Å²) in [5.74, 6) is -1.09. The van der Waals surface area contributed by atoms with Gasteiger partial charge in [-0.2, -0.15) is 4.89 Å². The Morgan fingerprint density at radius 1 is 1.09 bits per heavy atom. The lowest BCUT2D eigenvalue weighted by Gasteiger charge is -2.59. The van der Waals surface area contributed by atoms with E-state index in [1.54, 1.807) is 6.08 Å². The molecular weight excluding hydrogens is 298 g/mol. The summed E-state index contributed by atoms with van der Waals surface area (Å²) in [7, 11) is 0. The van der Waals surface area contributed by atoms with Crippen LogP contribution in [0.15, 0.2) is 25.3 Å². The molecule has 0 amide bonds. The molecule has 0 aromatic carbocycles. The third kappa shape index (κ3) is 1.90. The van der Waals surface area contributed by atoms with Gasteiger partial charge in [0, 0.05) is 24.2 Å². The van der Waals surface area contributed by atoms with Crippen molar-refractivity contribution in [3.63, 3.8) is 0 Å². The lowest BCUT2D eigenvalue weighted by atomic mass is 9.57. The summed E-state index contributed by atoms with van der Waals surface area (Å²) in [5, 5.41) is 18.0. The topological polar surface area (TPSA) is 81.0 Å². The van der Waals surface area contributed by atoms with E-state index >= 15 is 0 Å². The molecule has 4 saturated heterocycles. The van der Waals surface area contributed by atoms with Crippen molar-refractivity contribution in [2.24, 2.45) is 23.7 Å². The molecule has 126 valence electrons. The standard InChI is InChI=1S/C17H23NO5/c1-3-10-5-6-13-11(4-2)14(19)20-15-17(13)12(10)7-8-16(9-18,21-15)22-23-17/h3-4,9-15,18-19H,1-2,5-8H2/t10-,11-,12?,13?,14?,15-,16+,17-/m1/s1. The normalized spacial score (nSPS) is 54.7. The predicted octanol–water partition coefficient (Wildman–Crippen LogP) is 2.15. The molecule has 1 aliphatic carbocycles. The van der Waals surface area contributed by atoms with Gasteiger partial charge in [-0.1, -0.05) is 12.2 Å². The predicted molar refractivity (Wildman–Crippen MR) is 81.2 cm³/mol. The van der Waals surface area contributed by atoms with E-state index in [4.69, 9.17) is 24.7 Å². The first-order valence-corrected chi connectivity index (χ1v) is 8.25. The molecule has 1 saturated carbocycles. The number of hydrogen-bond donors (Lipinski definition) is 2. The molecule has 5 aliphatic rings. The largest absolute Gasteiger partial charge is 0.367 e. The number of hydrogen-bond acceptors (Lipinski definition) is 6. The summed E-state index contributed by atoms with van der Waals surface area (Å²) in [6.45, 7) is 7.84. The van der Waals surface area contributed by atoms with E-state index in [-0.39, 0.29) is 23.7 Å². The van der Waals surface area contributed by atoms with Crippen LogP contribution in [0, 0.1) is 29.1 Å². The fourth-order valence-electron chi connectivity index (χ4n) is 4.99. The molecule has 4 heterocycles. The van der Waals surface area contributed by atoms with E-state index in [0.717, 1.165) is 25.5 Å². The van der Waals surface area contributed by atoms with Gasteiger partial charge >= 0.3 is 0 Å². The lowest BCUT2D eigenvalue weighted by Crippen LogP contribution is -2.70. The molecule has 6 nitrogen and oxygen atoms in total. The summed E-state index contributed by atoms with van der Waals surface area (Å²) in [4.78, 5) is 11.5. The first-order valence-electron chi connectivity index (χ1n) is 8.25. The van der Waals surface area contributed by atoms with Crippen molar-refractivity contribution in [3.8, 4) is 0 Å². The number of rotatable bonds is 3. The van der Waals surface area contributed by atoms with Gasteiger partial charge in [0.15, 0.2) is 18.2 Å². The maximum atomic E-state index is 10.4. The van der Waals surface area contributed by atoms with E-state index in [0.29, 0.717) is 6.42 Å². The van der Waals surface area contributed by atoms with E-state index < -0.39 is 24.0 Å². The van der Waals surface area contributed by atoms with Gasteiger partial charge < -0.3 is 20.0 Å². The third-order valence-electron chi connectivity index (χ3n) is 6.14. The highest BCUT2D eigenvalue weighted by atomic mass is 17.3. The molecule has 0 radical (unpaired) electrons. The Hall–Kier alpha value is -1.05. The molecule has 3 unspecified atom stereocenters. The SMILES string of the molecule is C=C[C@H]1C(O)O[C@@H]2O[C@@]3(C=N)CCC4[C@H](C=C)CCC1[C@]42OO3. The molecule has 0 aromatic heterocycles. The summed E-state index contributed by atoms with van der Waals surface area (Å²) in [6, 6.07) is 0. The summed E-state index contributed by atoms with van der Waals surface area (Å²) in [6.07, 6.45) is 6.22. The van der Waals surface area contributed by atoms with Crippen LogP contribution in [-0.4, -0.2) is 35.3 Å². The molecule has 23 heavy (non-hydrogen) atoms. The molecule has 2 bridgehead atoms. The van der Waals surface area contributed by atoms with Crippen LogP contribution in [0.3, 0.4) is 0 Å². The molecule has 4 aliphatic heterocycles. The monoisotopic (exact) mass is 321 g/mol. The first-order chi connectivity index (χ1) is 11.1. The van der Waals surface area contributed by atoms with Crippen LogP contribution in [0.4, 0.5) is 0 Å². The molecule has 1 spiro atoms. The van der Waals surface area contributed by atoms with Crippen molar-refractivity contribution in [3.05, 3.63) is 25.3 Å². The maximum Gasteiger partial charge on any atom is 0.239 e. The lowest BCUT2D eigenvalue weighted by molar-refractivity contribution is -0.563. The Balaban J connectivity index is 1.83. The van der Waals surface area contributed by atoms with Crippen molar-refractivity contribution < 1.29 is 24.4 Å². The summed E-state index contributed by atoms with van der Waals surface area (Å²) >= 11 is 0. The summed E-state index contributed by atoms with van der Waals surface area (Å²) < 4.78 is 11.8. The number of ether oxygens (including phenoxy) is 2. The second-order valence-corrected chi connectivity index (χ2v) is 6.99. The highest BCUT2D eigenvalue weighted by Crippen LogP contribution is 2.60. The number of nitrogens with one attached hydrogen (secondary N) is 1. The van der Waals surface area contributed by atoms with E-state index in [9.17, 15) is 5.11 Å². The van der Waals surface area contributed by atoms with Gasteiger partial charge in [-0.05, 0) is 25.2 Å². The van der Waals surface area contributed by atoms with Gasteiger partial charge in [0.25, 0.3) is 0 Å². The Labute approximate surface area is 135 Å². The van der Waals surface area contributed by atoms with Crippen molar-refractivity contribution in [2.45, 2.75) is 49.7 Å². The van der Waals surface area contributed by atoms with Crippen LogP contribution in [-0.2, 0) is 19.2 Å². The molecule has 6 heteroatoms. The van der Waals surface area contributed by atoms with Crippen molar-refractivity contribution in [2.75, 3.05) is 0 Å². The number of allylic oxidation sites excluding steroid dienone is 1. The Morgan fingerprint density at radius 3 is 2.61 bits per heavy atom. The van der Waals surface area contributed by atoms with Gasteiger partial charge in [-0.15, -0.1) is 13.2 Å². The fourth-order valence-corrected chi connectivity index (χ4v) is 4.99. The molecular formula is C17H23NO5. The van der Waals surface area contributed by atoms with Gasteiger partial charge in [-0.25, -0.2) is 4.89 Å². The van der Waals surface area contributed by atoms with Crippen molar-refractivity contribution in [1.82, 2.24) is 0 Å². The summed E-state index contributed by atoms with van der Waals surface area (Å²) in [5.41, 5.74) is -0.793. The van der Waals surface area contributed by atoms with E-state index in [2.05, 4.69) is 13.2 Å². The second kappa shape index (κ2) is 5.22. The highest BCUT2D eigenvalue weighted by Gasteiger charge is 2.70. The maximum absolute atomic E-state index is 10.4. The second-order valence-electron chi connectivity index (χ2n) is 6.99. The Morgan fingerprint density at radius 2 is 1.91 bits per heavy atom. The third-order valence-corrected chi connectivity index (χ3v) is 6.14. The molecule has 5 fully saturated rings. The van der Waals surface area contributed by atoms with Gasteiger partial charge in [0.1, 0.15) is 0 Å². The zero-order chi connectivity index (χ0) is 16.2. The van der Waals surface area contributed by atoms with E-state index in [1.165, 1.54) is 0 Å². The highest BCUT2D eigenvalue weighted by molar-refractivity contribution is 5.63. The van der Waals surface area contributed by atoms with Gasteiger partial charge in [0.2, 0.25) is 5.79 Å².